The summed E-state index contributed by atoms with van der Waals surface area (Å²) in [7, 11) is 0. The minimum absolute atomic E-state index is 0.105. The van der Waals surface area contributed by atoms with Crippen molar-refractivity contribution in [2.75, 3.05) is 5.75 Å². The van der Waals surface area contributed by atoms with E-state index in [2.05, 4.69) is 6.92 Å². The van der Waals surface area contributed by atoms with E-state index in [9.17, 15) is 9.59 Å². The quantitative estimate of drug-likeness (QED) is 0.495. The SMILES string of the molecule is CCCCCCCCC1C(=O)CSC1=O. The Kier molecular flexibility index (Phi) is 5.99. The van der Waals surface area contributed by atoms with Crippen molar-refractivity contribution < 1.29 is 9.59 Å². The van der Waals surface area contributed by atoms with Crippen LogP contribution in [0.1, 0.15) is 51.9 Å². The van der Waals surface area contributed by atoms with Gasteiger partial charge in [0.15, 0.2) is 10.9 Å². The molecule has 2 nitrogen and oxygen atoms in total. The highest BCUT2D eigenvalue weighted by Crippen LogP contribution is 2.27. The van der Waals surface area contributed by atoms with Gasteiger partial charge in [-0.05, 0) is 6.42 Å². The molecule has 15 heavy (non-hydrogen) atoms. The van der Waals surface area contributed by atoms with Crippen LogP contribution in [0.4, 0.5) is 0 Å². The van der Waals surface area contributed by atoms with Gasteiger partial charge in [0.2, 0.25) is 0 Å². The lowest BCUT2D eigenvalue weighted by atomic mass is 9.98. The number of carbonyl (C=O) groups excluding carboxylic acids is 2. The Balaban J connectivity index is 2.04. The summed E-state index contributed by atoms with van der Waals surface area (Å²) < 4.78 is 0. The third kappa shape index (κ3) is 4.37. The number of ketones is 1. The maximum Gasteiger partial charge on any atom is 0.199 e. The lowest BCUT2D eigenvalue weighted by Gasteiger charge is -2.05. The molecule has 1 fully saturated rings. The molecule has 86 valence electrons. The van der Waals surface area contributed by atoms with Crippen molar-refractivity contribution in [1.29, 1.82) is 0 Å². The van der Waals surface area contributed by atoms with Crippen molar-refractivity contribution in [2.24, 2.45) is 5.92 Å². The molecule has 1 aliphatic heterocycles. The molecule has 0 amide bonds. The van der Waals surface area contributed by atoms with Crippen molar-refractivity contribution in [2.45, 2.75) is 51.9 Å². The minimum atomic E-state index is -0.263. The third-order valence-electron chi connectivity index (χ3n) is 2.88. The summed E-state index contributed by atoms with van der Waals surface area (Å²) in [5.74, 6) is 0.305. The summed E-state index contributed by atoms with van der Waals surface area (Å²) in [5.41, 5.74) is 0. The molecule has 1 saturated heterocycles. The largest absolute Gasteiger partial charge is 0.298 e. The zero-order chi connectivity index (χ0) is 11.1. The Morgan fingerprint density at radius 1 is 1.13 bits per heavy atom. The second-order valence-corrected chi connectivity index (χ2v) is 5.16. The molecule has 0 radical (unpaired) electrons. The van der Waals surface area contributed by atoms with Crippen LogP contribution >= 0.6 is 11.8 Å². The zero-order valence-electron chi connectivity index (χ0n) is 9.46. The molecule has 0 spiro atoms. The normalized spacial score (nSPS) is 21.3. The maximum atomic E-state index is 11.3. The van der Waals surface area contributed by atoms with Crippen LogP contribution in [0.25, 0.3) is 0 Å². The predicted octanol–water partition coefficient (Wildman–Crippen LogP) is 3.20. The summed E-state index contributed by atoms with van der Waals surface area (Å²) in [6.07, 6.45) is 8.09. The summed E-state index contributed by atoms with van der Waals surface area (Å²) in [6.45, 7) is 2.20. The Hall–Kier alpha value is -0.310. The minimum Gasteiger partial charge on any atom is -0.298 e. The van der Waals surface area contributed by atoms with Crippen LogP contribution in [0.15, 0.2) is 0 Å². The predicted molar refractivity (Wildman–Crippen MR) is 64.0 cm³/mol. The van der Waals surface area contributed by atoms with Crippen LogP contribution in [0.5, 0.6) is 0 Å². The van der Waals surface area contributed by atoms with Gasteiger partial charge < -0.3 is 0 Å². The van der Waals surface area contributed by atoms with Crippen molar-refractivity contribution in [3.63, 3.8) is 0 Å². The Labute approximate surface area is 96.2 Å². The first kappa shape index (κ1) is 12.8. The van der Waals surface area contributed by atoms with Gasteiger partial charge in [-0.3, -0.25) is 9.59 Å². The summed E-state index contributed by atoms with van der Waals surface area (Å²) in [6, 6.07) is 0. The number of thioether (sulfide) groups is 1. The summed E-state index contributed by atoms with van der Waals surface area (Å²) in [5, 5.41) is 0.105. The van der Waals surface area contributed by atoms with Gasteiger partial charge in [-0.1, -0.05) is 57.2 Å². The molecule has 0 bridgehead atoms. The van der Waals surface area contributed by atoms with E-state index >= 15 is 0 Å². The van der Waals surface area contributed by atoms with E-state index in [1.54, 1.807) is 0 Å². The number of Topliss-reactive ketones (excluding diaryl/α,β-unsaturated/α-hetero) is 1. The highest BCUT2D eigenvalue weighted by Gasteiger charge is 2.32. The van der Waals surface area contributed by atoms with Gasteiger partial charge >= 0.3 is 0 Å². The molecule has 1 aliphatic rings. The lowest BCUT2D eigenvalue weighted by Crippen LogP contribution is -2.14. The molecule has 0 aromatic rings. The maximum absolute atomic E-state index is 11.3. The molecule has 1 heterocycles. The summed E-state index contributed by atoms with van der Waals surface area (Å²) in [4.78, 5) is 22.6. The van der Waals surface area contributed by atoms with Gasteiger partial charge in [0.1, 0.15) is 0 Å². The second-order valence-electron chi connectivity index (χ2n) is 4.18. The Bertz CT molecular complexity index is 210. The van der Waals surface area contributed by atoms with Crippen LogP contribution in [0.2, 0.25) is 0 Å². The zero-order valence-corrected chi connectivity index (χ0v) is 10.3. The molecule has 0 aromatic carbocycles. The average Bonchev–Trinajstić information content (AvgIpc) is 2.54. The topological polar surface area (TPSA) is 34.1 Å². The number of rotatable bonds is 7. The molecule has 0 saturated carbocycles. The first-order valence-electron chi connectivity index (χ1n) is 5.95. The number of hydrogen-bond donors (Lipinski definition) is 0. The Morgan fingerprint density at radius 2 is 1.80 bits per heavy atom. The van der Waals surface area contributed by atoms with Crippen molar-refractivity contribution in [1.82, 2.24) is 0 Å². The number of unbranched alkanes of at least 4 members (excludes halogenated alkanes) is 5. The number of hydrogen-bond acceptors (Lipinski definition) is 3. The molecular weight excluding hydrogens is 208 g/mol. The third-order valence-corrected chi connectivity index (χ3v) is 3.87. The smallest absolute Gasteiger partial charge is 0.199 e. The highest BCUT2D eigenvalue weighted by molar-refractivity contribution is 8.15. The monoisotopic (exact) mass is 228 g/mol. The van der Waals surface area contributed by atoms with Gasteiger partial charge in [-0.25, -0.2) is 0 Å². The van der Waals surface area contributed by atoms with Crippen LogP contribution in [0.3, 0.4) is 0 Å². The van der Waals surface area contributed by atoms with Crippen LogP contribution in [-0.4, -0.2) is 16.7 Å². The summed E-state index contributed by atoms with van der Waals surface area (Å²) >= 11 is 1.20. The lowest BCUT2D eigenvalue weighted by molar-refractivity contribution is -0.125. The molecule has 1 atom stereocenters. The highest BCUT2D eigenvalue weighted by atomic mass is 32.2. The van der Waals surface area contributed by atoms with Crippen LogP contribution < -0.4 is 0 Å². The van der Waals surface area contributed by atoms with Crippen LogP contribution in [0, 0.1) is 5.92 Å². The molecule has 0 aromatic heterocycles. The fourth-order valence-electron chi connectivity index (χ4n) is 1.88. The van der Waals surface area contributed by atoms with Gasteiger partial charge in [-0.15, -0.1) is 0 Å². The van der Waals surface area contributed by atoms with Crippen molar-refractivity contribution in [3.05, 3.63) is 0 Å². The van der Waals surface area contributed by atoms with Crippen molar-refractivity contribution >= 4 is 22.7 Å². The van der Waals surface area contributed by atoms with E-state index in [0.29, 0.717) is 5.75 Å². The van der Waals surface area contributed by atoms with Gasteiger partial charge in [0, 0.05) is 0 Å². The van der Waals surface area contributed by atoms with Gasteiger partial charge in [0.05, 0.1) is 11.7 Å². The van der Waals surface area contributed by atoms with E-state index < -0.39 is 0 Å². The van der Waals surface area contributed by atoms with E-state index in [0.717, 1.165) is 12.8 Å². The van der Waals surface area contributed by atoms with Gasteiger partial charge in [-0.2, -0.15) is 0 Å². The van der Waals surface area contributed by atoms with Crippen molar-refractivity contribution in [3.8, 4) is 0 Å². The fraction of sp³-hybridized carbons (Fsp3) is 0.833. The Morgan fingerprint density at radius 3 is 2.40 bits per heavy atom. The molecule has 1 unspecified atom stereocenters. The average molecular weight is 228 g/mol. The van der Waals surface area contributed by atoms with Crippen LogP contribution in [-0.2, 0) is 9.59 Å². The standard InChI is InChI=1S/C12H20O2S/c1-2-3-4-5-6-7-8-10-11(13)9-15-12(10)14/h10H,2-9H2,1H3. The first-order valence-corrected chi connectivity index (χ1v) is 6.93. The molecular formula is C12H20O2S. The van der Waals surface area contributed by atoms with E-state index in [1.807, 2.05) is 0 Å². The number of carbonyl (C=O) groups is 2. The molecule has 1 rings (SSSR count). The first-order chi connectivity index (χ1) is 7.25. The van der Waals surface area contributed by atoms with E-state index in [-0.39, 0.29) is 16.8 Å². The fourth-order valence-corrected chi connectivity index (χ4v) is 2.82. The molecule has 0 aliphatic carbocycles. The van der Waals surface area contributed by atoms with E-state index in [1.165, 1.54) is 43.9 Å². The second kappa shape index (κ2) is 7.04. The van der Waals surface area contributed by atoms with Gasteiger partial charge in [0.25, 0.3) is 0 Å². The van der Waals surface area contributed by atoms with E-state index in [4.69, 9.17) is 0 Å². The molecule has 3 heteroatoms. The molecule has 0 N–H and O–H groups in total.